The van der Waals surface area contributed by atoms with Crippen LogP contribution in [0.4, 0.5) is 11.4 Å². The molecule has 3 heteroatoms. The molecular weight excluding hydrogens is 248 g/mol. The maximum Gasteiger partial charge on any atom is 0.243 e. The molecule has 1 amide bonds. The van der Waals surface area contributed by atoms with Gasteiger partial charge in [0.05, 0.1) is 6.54 Å². The fourth-order valence-corrected chi connectivity index (χ4v) is 2.13. The van der Waals surface area contributed by atoms with Crippen LogP contribution in [0, 0.1) is 0 Å². The van der Waals surface area contributed by atoms with Crippen molar-refractivity contribution in [1.29, 1.82) is 0 Å². The second-order valence-corrected chi connectivity index (χ2v) is 4.75. The number of rotatable bonds is 5. The lowest BCUT2D eigenvalue weighted by molar-refractivity contribution is -0.114. The van der Waals surface area contributed by atoms with E-state index >= 15 is 0 Å². The quantitative estimate of drug-likeness (QED) is 0.902. The number of anilines is 2. The van der Waals surface area contributed by atoms with Crippen molar-refractivity contribution in [3.8, 4) is 0 Å². The van der Waals surface area contributed by atoms with E-state index in [2.05, 4.69) is 12.2 Å². The number of likely N-dealkylation sites (N-methyl/N-ethyl adjacent to an activating group) is 1. The molecule has 0 saturated carbocycles. The minimum Gasteiger partial charge on any atom is -0.365 e. The summed E-state index contributed by atoms with van der Waals surface area (Å²) in [6, 6.07) is 17.8. The monoisotopic (exact) mass is 268 g/mol. The fourth-order valence-electron chi connectivity index (χ4n) is 2.13. The molecule has 0 unspecified atom stereocenters. The molecule has 104 valence electrons. The van der Waals surface area contributed by atoms with Gasteiger partial charge in [0.15, 0.2) is 0 Å². The molecule has 0 radical (unpaired) electrons. The molecule has 2 aromatic carbocycles. The zero-order chi connectivity index (χ0) is 14.4. The summed E-state index contributed by atoms with van der Waals surface area (Å²) in [5, 5.41) is 2.98. The van der Waals surface area contributed by atoms with Crippen LogP contribution in [0.15, 0.2) is 54.6 Å². The first kappa shape index (κ1) is 14.1. The van der Waals surface area contributed by atoms with E-state index in [0.717, 1.165) is 23.4 Å². The Balaban J connectivity index is 1.99. The van der Waals surface area contributed by atoms with Gasteiger partial charge in [-0.15, -0.1) is 0 Å². The number of nitrogens with one attached hydrogen (secondary N) is 1. The van der Waals surface area contributed by atoms with E-state index in [1.807, 2.05) is 66.5 Å². The number of hydrogen-bond donors (Lipinski definition) is 1. The summed E-state index contributed by atoms with van der Waals surface area (Å²) in [7, 11) is 1.92. The van der Waals surface area contributed by atoms with E-state index in [1.165, 1.54) is 0 Å². The third-order valence-electron chi connectivity index (χ3n) is 3.25. The molecular formula is C17H20N2O. The molecule has 20 heavy (non-hydrogen) atoms. The third-order valence-corrected chi connectivity index (χ3v) is 3.25. The molecule has 0 fully saturated rings. The van der Waals surface area contributed by atoms with Gasteiger partial charge in [-0.1, -0.05) is 43.3 Å². The zero-order valence-corrected chi connectivity index (χ0v) is 12.0. The van der Waals surface area contributed by atoms with Crippen molar-refractivity contribution < 1.29 is 4.79 Å². The highest BCUT2D eigenvalue weighted by molar-refractivity contribution is 5.94. The Labute approximate surface area is 120 Å². The molecule has 0 aromatic heterocycles. The van der Waals surface area contributed by atoms with E-state index in [-0.39, 0.29) is 5.91 Å². The van der Waals surface area contributed by atoms with Gasteiger partial charge in [0.25, 0.3) is 0 Å². The van der Waals surface area contributed by atoms with Crippen molar-refractivity contribution in [2.45, 2.75) is 13.3 Å². The van der Waals surface area contributed by atoms with Gasteiger partial charge in [-0.05, 0) is 30.2 Å². The Bertz CT molecular complexity index is 566. The summed E-state index contributed by atoms with van der Waals surface area (Å²) < 4.78 is 0. The molecule has 0 aliphatic heterocycles. The molecule has 2 aromatic rings. The van der Waals surface area contributed by atoms with Crippen molar-refractivity contribution in [2.24, 2.45) is 0 Å². The highest BCUT2D eigenvalue weighted by Gasteiger charge is 2.09. The minimum absolute atomic E-state index is 0.00254. The Morgan fingerprint density at radius 3 is 2.40 bits per heavy atom. The van der Waals surface area contributed by atoms with Gasteiger partial charge in [0.2, 0.25) is 5.91 Å². The number of benzene rings is 2. The Morgan fingerprint density at radius 2 is 1.70 bits per heavy atom. The summed E-state index contributed by atoms with van der Waals surface area (Å²) in [6.45, 7) is 2.42. The minimum atomic E-state index is -0.00254. The molecule has 0 aliphatic rings. The molecule has 0 heterocycles. The van der Waals surface area contributed by atoms with E-state index in [1.54, 1.807) is 0 Å². The van der Waals surface area contributed by atoms with Gasteiger partial charge >= 0.3 is 0 Å². The fraction of sp³-hybridized carbons (Fsp3) is 0.235. The molecule has 0 saturated heterocycles. The van der Waals surface area contributed by atoms with Gasteiger partial charge < -0.3 is 10.2 Å². The lowest BCUT2D eigenvalue weighted by Crippen LogP contribution is -2.30. The van der Waals surface area contributed by atoms with Crippen LogP contribution in [0.2, 0.25) is 0 Å². The number of para-hydroxylation sites is 2. The standard InChI is InChI=1S/C17H20N2O/c1-3-14-9-7-8-12-16(14)18-17(20)13-19(2)15-10-5-4-6-11-15/h4-12H,3,13H2,1-2H3,(H,18,20). The molecule has 0 aliphatic carbocycles. The van der Waals surface area contributed by atoms with Crippen LogP contribution in [0.1, 0.15) is 12.5 Å². The van der Waals surface area contributed by atoms with Gasteiger partial charge in [-0.3, -0.25) is 4.79 Å². The predicted molar refractivity (Wildman–Crippen MR) is 84.2 cm³/mol. The topological polar surface area (TPSA) is 32.3 Å². The summed E-state index contributed by atoms with van der Waals surface area (Å²) in [6.07, 6.45) is 0.908. The summed E-state index contributed by atoms with van der Waals surface area (Å²) in [4.78, 5) is 14.0. The van der Waals surface area contributed by atoms with Gasteiger partial charge in [0, 0.05) is 18.4 Å². The maximum absolute atomic E-state index is 12.1. The number of hydrogen-bond acceptors (Lipinski definition) is 2. The molecule has 0 atom stereocenters. The first-order chi connectivity index (χ1) is 9.70. The number of aryl methyl sites for hydroxylation is 1. The Kier molecular flexibility index (Phi) is 4.77. The molecule has 3 nitrogen and oxygen atoms in total. The average Bonchev–Trinajstić information content (AvgIpc) is 2.48. The molecule has 2 rings (SSSR count). The van der Waals surface area contributed by atoms with Crippen LogP contribution >= 0.6 is 0 Å². The number of nitrogens with zero attached hydrogens (tertiary/aromatic N) is 1. The van der Waals surface area contributed by atoms with Crippen molar-refractivity contribution in [1.82, 2.24) is 0 Å². The van der Waals surface area contributed by atoms with Crippen LogP contribution < -0.4 is 10.2 Å². The summed E-state index contributed by atoms with van der Waals surface area (Å²) in [5.41, 5.74) is 3.09. The maximum atomic E-state index is 12.1. The smallest absolute Gasteiger partial charge is 0.243 e. The van der Waals surface area contributed by atoms with Crippen LogP contribution in [0.5, 0.6) is 0 Å². The highest BCUT2D eigenvalue weighted by Crippen LogP contribution is 2.16. The second-order valence-electron chi connectivity index (χ2n) is 4.75. The Hall–Kier alpha value is -2.29. The van der Waals surface area contributed by atoms with Gasteiger partial charge in [-0.25, -0.2) is 0 Å². The van der Waals surface area contributed by atoms with E-state index in [0.29, 0.717) is 6.54 Å². The molecule has 0 spiro atoms. The van der Waals surface area contributed by atoms with Crippen molar-refractivity contribution >= 4 is 17.3 Å². The lowest BCUT2D eigenvalue weighted by Gasteiger charge is -2.19. The molecule has 1 N–H and O–H groups in total. The number of amides is 1. The van der Waals surface area contributed by atoms with E-state index in [4.69, 9.17) is 0 Å². The van der Waals surface area contributed by atoms with E-state index < -0.39 is 0 Å². The first-order valence-electron chi connectivity index (χ1n) is 6.84. The highest BCUT2D eigenvalue weighted by atomic mass is 16.2. The number of carbonyl (C=O) groups excluding carboxylic acids is 1. The zero-order valence-electron chi connectivity index (χ0n) is 12.0. The Morgan fingerprint density at radius 1 is 1.05 bits per heavy atom. The van der Waals surface area contributed by atoms with Gasteiger partial charge in [-0.2, -0.15) is 0 Å². The number of carbonyl (C=O) groups is 1. The SMILES string of the molecule is CCc1ccccc1NC(=O)CN(C)c1ccccc1. The predicted octanol–water partition coefficient (Wildman–Crippen LogP) is 3.32. The normalized spacial score (nSPS) is 10.1. The summed E-state index contributed by atoms with van der Waals surface area (Å²) >= 11 is 0. The van der Waals surface area contributed by atoms with Crippen molar-refractivity contribution in [3.63, 3.8) is 0 Å². The van der Waals surface area contributed by atoms with Crippen molar-refractivity contribution in [2.75, 3.05) is 23.8 Å². The van der Waals surface area contributed by atoms with Crippen LogP contribution in [0.3, 0.4) is 0 Å². The molecule has 0 bridgehead atoms. The summed E-state index contributed by atoms with van der Waals surface area (Å²) in [5.74, 6) is -0.00254. The van der Waals surface area contributed by atoms with E-state index in [9.17, 15) is 4.79 Å². The van der Waals surface area contributed by atoms with Crippen LogP contribution in [-0.4, -0.2) is 19.5 Å². The van der Waals surface area contributed by atoms with Gasteiger partial charge in [0.1, 0.15) is 0 Å². The second kappa shape index (κ2) is 6.75. The third kappa shape index (κ3) is 3.60. The average molecular weight is 268 g/mol. The first-order valence-corrected chi connectivity index (χ1v) is 6.84. The van der Waals surface area contributed by atoms with Crippen LogP contribution in [0.25, 0.3) is 0 Å². The largest absolute Gasteiger partial charge is 0.365 e. The lowest BCUT2D eigenvalue weighted by atomic mass is 10.1. The van der Waals surface area contributed by atoms with Crippen LogP contribution in [-0.2, 0) is 11.2 Å². The van der Waals surface area contributed by atoms with Crippen molar-refractivity contribution in [3.05, 3.63) is 60.2 Å².